The van der Waals surface area contributed by atoms with Crippen LogP contribution in [0.2, 0.25) is 0 Å². The van der Waals surface area contributed by atoms with Gasteiger partial charge in [0.15, 0.2) is 18.9 Å². The molecule has 1 amide bonds. The fraction of sp³-hybridized carbons (Fsp3) is 0.905. The third kappa shape index (κ3) is 49.2. The fourth-order valence-corrected chi connectivity index (χ4v) is 18.2. The van der Waals surface area contributed by atoms with E-state index in [-0.39, 0.29) is 241 Å². The van der Waals surface area contributed by atoms with Gasteiger partial charge >= 0.3 is 43.7 Å². The minimum absolute atomic E-state index is 0.000152. The van der Waals surface area contributed by atoms with Gasteiger partial charge in [-0.3, -0.25) is 19.2 Å². The van der Waals surface area contributed by atoms with Crippen LogP contribution in [-0.2, 0) is 126 Å². The molecule has 3 fully saturated rings. The third-order valence-electron chi connectivity index (χ3n) is 21.3. The van der Waals surface area contributed by atoms with E-state index in [0.29, 0.717) is 77.2 Å². The summed E-state index contributed by atoms with van der Waals surface area (Å²) in [6, 6.07) is 1.84. The first kappa shape index (κ1) is 112. The van der Waals surface area contributed by atoms with E-state index in [1.807, 2.05) is 13.8 Å². The minimum atomic E-state index is -1.80. The minimum Gasteiger partial charge on any atom is -0.463 e. The van der Waals surface area contributed by atoms with E-state index in [9.17, 15) is 24.4 Å². The Morgan fingerprint density at radius 2 is 0.702 bits per heavy atom. The molecule has 10 unspecified atom stereocenters. The first-order valence-electron chi connectivity index (χ1n) is 43.7. The van der Waals surface area contributed by atoms with Gasteiger partial charge in [-0.2, -0.15) is 5.26 Å². The molecule has 698 valence electrons. The molecule has 3 rings (SSSR count). The fourth-order valence-electron chi connectivity index (χ4n) is 13.4. The average Bonchev–Trinajstić information content (AvgIpc) is 1.49. The molecule has 3 aliphatic rings. The van der Waals surface area contributed by atoms with Crippen LogP contribution in [0, 0.1) is 83.8 Å². The van der Waals surface area contributed by atoms with E-state index in [4.69, 9.17) is 126 Å². The Hall–Kier alpha value is -3.28. The maximum absolute atomic E-state index is 12.2. The van der Waals surface area contributed by atoms with Crippen LogP contribution in [0.4, 0.5) is 0 Å². The van der Waals surface area contributed by atoms with Crippen molar-refractivity contribution >= 4 is 58.1 Å². The number of ether oxygens (including phenoxy) is 12. The molecule has 0 aliphatic carbocycles. The number of nitrogens with zero attached hydrogens (tertiary/aromatic N) is 5. The lowest BCUT2D eigenvalue weighted by Crippen LogP contribution is -2.58. The number of hydrogen-bond acceptors (Lipinski definition) is 29. The predicted molar refractivity (Wildman–Crippen MR) is 459 cm³/mol. The van der Waals surface area contributed by atoms with Gasteiger partial charge < -0.3 is 126 Å². The number of carbonyl (C=O) groups is 4. The van der Waals surface area contributed by atoms with Gasteiger partial charge in [0, 0.05) is 91.3 Å². The Morgan fingerprint density at radius 1 is 0.388 bits per heavy atom. The second-order valence-electron chi connectivity index (χ2n) is 31.8. The largest absolute Gasteiger partial charge is 0.463 e. The highest BCUT2D eigenvalue weighted by Crippen LogP contribution is 2.48. The first-order valence-corrected chi connectivity index (χ1v) is 48.1. The molecule has 0 aromatic heterocycles. The molecular formula is C84H150N6O27P4. The molecule has 0 radical (unpaired) electrons. The molecule has 3 saturated heterocycles. The second-order valence-corrected chi connectivity index (χ2v) is 37.0. The van der Waals surface area contributed by atoms with E-state index in [1.165, 1.54) is 27.7 Å². The molecule has 3 aliphatic heterocycles. The van der Waals surface area contributed by atoms with Crippen LogP contribution in [0.1, 0.15) is 214 Å². The van der Waals surface area contributed by atoms with Crippen molar-refractivity contribution in [3.63, 3.8) is 0 Å². The van der Waals surface area contributed by atoms with Gasteiger partial charge in [0.25, 0.3) is 8.53 Å². The summed E-state index contributed by atoms with van der Waals surface area (Å²) in [4.78, 5) is 57.3. The zero-order chi connectivity index (χ0) is 89.0. The average molecular weight is 1800 g/mol. The van der Waals surface area contributed by atoms with Crippen LogP contribution in [0.3, 0.4) is 0 Å². The molecule has 3 heterocycles. The standard InChI is InChI=1S/C84H150N6O27P4/c1-63(2)90(64(3)4)118(104-49-32-36-85)114-62-84(59-95-40-33-50-108-119(111-53-37-86-17)105-46-29-23-20-26-43-98-81-71(11)65(5)67(7)77(115-81)56-101-74(14)92,60-96-41-34-51-109-120(112-54-38-87-18)106-47-30-24-21-27-44-99-82-72(12)66(6)68(8)78(116-82)57-102-75(15)93)61-97-42-35-52-110-121(113-55-39-88-19)107-48-31-25-22-28-45-100-83-80(89-73(13)91)70(10)69(9)79(117-83)58-103-76(16)94/h63-72,77-83H,20-35,37-62H2,1-16H3,(H,89,91)/t65-,66-,67?,68?,69?,70-,71+,72+,77?,78?,79?,80+,81-,82-,83-,84?,118?,119?,120?,121?/m1/s1. The maximum atomic E-state index is 12.2. The molecule has 0 saturated carbocycles. The van der Waals surface area contributed by atoms with Crippen molar-refractivity contribution in [2.45, 2.75) is 269 Å². The smallest absolute Gasteiger partial charge is 0.332 e. The Morgan fingerprint density at radius 3 is 1.02 bits per heavy atom. The van der Waals surface area contributed by atoms with Crippen LogP contribution in [0.15, 0.2) is 0 Å². The van der Waals surface area contributed by atoms with Crippen molar-refractivity contribution in [1.82, 2.24) is 9.99 Å². The number of rotatable bonds is 73. The summed E-state index contributed by atoms with van der Waals surface area (Å²) in [5.74, 6) is 0.189. The summed E-state index contributed by atoms with van der Waals surface area (Å²) in [5.41, 5.74) is -0.948. The lowest BCUT2D eigenvalue weighted by atomic mass is 9.79. The topological polar surface area (TPSA) is 333 Å². The van der Waals surface area contributed by atoms with Gasteiger partial charge in [-0.25, -0.2) is 24.4 Å². The van der Waals surface area contributed by atoms with Gasteiger partial charge in [-0.05, 0) is 121 Å². The van der Waals surface area contributed by atoms with Crippen molar-refractivity contribution in [3.05, 3.63) is 34.3 Å². The zero-order valence-electron chi connectivity index (χ0n) is 75.6. The Balaban J connectivity index is 1.73. The van der Waals surface area contributed by atoms with E-state index in [2.05, 4.69) is 99.8 Å². The molecule has 0 aromatic carbocycles. The lowest BCUT2D eigenvalue weighted by Gasteiger charge is -2.44. The number of nitrogens with one attached hydrogen (secondary N) is 1. The molecule has 1 N–H and O–H groups in total. The van der Waals surface area contributed by atoms with E-state index >= 15 is 0 Å². The molecule has 33 nitrogen and oxygen atoms in total. The molecule has 19 atom stereocenters. The third-order valence-corrected chi connectivity index (χ3v) is 26.9. The van der Waals surface area contributed by atoms with Crippen LogP contribution >= 0.6 is 34.3 Å². The molecule has 0 spiro atoms. The summed E-state index contributed by atoms with van der Waals surface area (Å²) in [5, 5.41) is 12.6. The van der Waals surface area contributed by atoms with Crippen LogP contribution < -0.4 is 5.32 Å². The van der Waals surface area contributed by atoms with Crippen LogP contribution in [-0.4, -0.2) is 255 Å². The Kier molecular flexibility index (Phi) is 63.6. The zero-order valence-corrected chi connectivity index (χ0v) is 79.1. The van der Waals surface area contributed by atoms with Crippen molar-refractivity contribution < 1.29 is 126 Å². The molecule has 37 heteroatoms. The predicted octanol–water partition coefficient (Wildman–Crippen LogP) is 16.3. The monoisotopic (exact) mass is 1800 g/mol. The molecule has 121 heavy (non-hydrogen) atoms. The van der Waals surface area contributed by atoms with Crippen molar-refractivity contribution in [2.75, 3.05) is 172 Å². The van der Waals surface area contributed by atoms with E-state index < -0.39 is 52.0 Å². The van der Waals surface area contributed by atoms with E-state index in [1.54, 1.807) is 0 Å². The van der Waals surface area contributed by atoms with Crippen molar-refractivity contribution in [3.8, 4) is 6.07 Å². The van der Waals surface area contributed by atoms with Gasteiger partial charge in [0.2, 0.25) is 25.5 Å². The van der Waals surface area contributed by atoms with Crippen LogP contribution in [0.5, 0.6) is 0 Å². The summed E-state index contributed by atoms with van der Waals surface area (Å²) < 4.78 is 143. The molecule has 0 bridgehead atoms. The number of amides is 1. The first-order chi connectivity index (χ1) is 58.2. The quantitative estimate of drug-likeness (QED) is 0.0194. The summed E-state index contributed by atoms with van der Waals surface area (Å²) in [6.45, 7) is 58.9. The highest BCUT2D eigenvalue weighted by molar-refractivity contribution is 7.44. The number of esters is 3. The van der Waals surface area contributed by atoms with Gasteiger partial charge in [0.05, 0.1) is 115 Å². The normalized spacial score (nSPS) is 24.6. The van der Waals surface area contributed by atoms with Crippen molar-refractivity contribution in [2.24, 2.45) is 52.8 Å². The van der Waals surface area contributed by atoms with Crippen LogP contribution in [0.25, 0.3) is 14.5 Å². The van der Waals surface area contributed by atoms with E-state index in [0.717, 1.165) is 70.6 Å². The Bertz CT molecular complexity index is 2780. The van der Waals surface area contributed by atoms with Gasteiger partial charge in [-0.1, -0.05) is 93.9 Å². The lowest BCUT2D eigenvalue weighted by molar-refractivity contribution is -0.255. The number of unbranched alkanes of at least 4 members (excludes halogenated alkanes) is 9. The second kappa shape index (κ2) is 68.8. The van der Waals surface area contributed by atoms with Gasteiger partial charge in [0.1, 0.15) is 39.6 Å². The van der Waals surface area contributed by atoms with Gasteiger partial charge in [-0.15, -0.1) is 0 Å². The highest BCUT2D eigenvalue weighted by atomic mass is 31.2. The SMILES string of the molecule is [C-]#[N+]CCOP(OCCCCCCO[C@@H]1OC(COC(C)=O)C(C)[C@@H](C)[C@@H]1C)OCCCOCC(COCCCOP(OCCCCCCO[C@@H]1OC(COC(C)=O)C(C)[C@@H](C)[C@@H]1C)OCC[N+]#[C-])(COCCCOP(OCCCCCCO[C@@H]1OC(COC(C)=O)C(C)[C@@H](C)[C@@H]1NC(C)=O)OCC[N+]#[C-])COP(OCCC#N)N(C(C)C)C(C)C. The number of carbonyl (C=O) groups excluding carboxylic acids is 4. The molecular weight excluding hydrogens is 1650 g/mol. The molecule has 0 aromatic rings. The Labute approximate surface area is 729 Å². The highest BCUT2D eigenvalue weighted by Gasteiger charge is 2.45. The number of nitriles is 1. The summed E-state index contributed by atoms with van der Waals surface area (Å²) in [6.07, 6.45) is 9.04. The van der Waals surface area contributed by atoms with Crippen molar-refractivity contribution in [1.29, 1.82) is 5.26 Å². The summed E-state index contributed by atoms with van der Waals surface area (Å²) in [7, 11) is -7.06. The maximum Gasteiger partial charge on any atom is 0.332 e. The summed E-state index contributed by atoms with van der Waals surface area (Å²) >= 11 is 0. The number of hydrogen-bond donors (Lipinski definition) is 1.